The van der Waals surface area contributed by atoms with E-state index in [1.807, 2.05) is 0 Å². The summed E-state index contributed by atoms with van der Waals surface area (Å²) in [7, 11) is 0. The molecule has 1 unspecified atom stereocenters. The van der Waals surface area contributed by atoms with Gasteiger partial charge in [-0.25, -0.2) is 13.6 Å². The maximum Gasteiger partial charge on any atom is 0.408 e. The van der Waals surface area contributed by atoms with E-state index in [4.69, 9.17) is 4.74 Å². The number of ether oxygens (including phenoxy) is 1. The summed E-state index contributed by atoms with van der Waals surface area (Å²) in [5.41, 5.74) is -2.71. The van der Waals surface area contributed by atoms with Crippen molar-refractivity contribution >= 4 is 6.09 Å². The summed E-state index contributed by atoms with van der Waals surface area (Å²) < 4.78 is 71.6. The minimum absolute atomic E-state index is 0.0390. The molecule has 1 aliphatic carbocycles. The third-order valence-electron chi connectivity index (χ3n) is 4.06. The van der Waals surface area contributed by atoms with Gasteiger partial charge in [0, 0.05) is 13.1 Å². The van der Waals surface area contributed by atoms with Gasteiger partial charge >= 0.3 is 12.3 Å². The van der Waals surface area contributed by atoms with Crippen LogP contribution in [-0.2, 0) is 4.74 Å². The van der Waals surface area contributed by atoms with Crippen LogP contribution in [0.2, 0.25) is 0 Å². The van der Waals surface area contributed by atoms with Crippen molar-refractivity contribution in [2.24, 2.45) is 5.41 Å². The molecule has 0 aromatic heterocycles. The minimum atomic E-state index is -4.39. The Morgan fingerprint density at radius 1 is 1.26 bits per heavy atom. The van der Waals surface area contributed by atoms with Gasteiger partial charge in [0.2, 0.25) is 0 Å². The Kier molecular flexibility index (Phi) is 4.32. The van der Waals surface area contributed by atoms with Crippen molar-refractivity contribution in [3.05, 3.63) is 0 Å². The Balaban J connectivity index is 1.95. The van der Waals surface area contributed by atoms with Gasteiger partial charge in [-0.2, -0.15) is 13.2 Å². The lowest BCUT2D eigenvalue weighted by Crippen LogP contribution is -2.48. The average molecular weight is 344 g/mol. The number of nitrogens with one attached hydrogen (secondary N) is 1. The SMILES string of the molecule is CC(C)(C)OC(=O)NC1CN(CC2(C(F)(F)F)CC2)CC1(F)F. The second-order valence-corrected chi connectivity index (χ2v) is 7.41. The first kappa shape index (κ1) is 18.2. The number of halogens is 5. The highest BCUT2D eigenvalue weighted by molar-refractivity contribution is 5.68. The summed E-state index contributed by atoms with van der Waals surface area (Å²) in [6.45, 7) is 3.18. The Morgan fingerprint density at radius 3 is 2.26 bits per heavy atom. The first-order valence-corrected chi connectivity index (χ1v) is 7.41. The smallest absolute Gasteiger partial charge is 0.408 e. The zero-order valence-corrected chi connectivity index (χ0v) is 13.3. The second-order valence-electron chi connectivity index (χ2n) is 7.41. The van der Waals surface area contributed by atoms with Crippen LogP contribution in [0.25, 0.3) is 0 Å². The number of alkyl carbamates (subject to hydrolysis) is 1. The number of hydrogen-bond acceptors (Lipinski definition) is 3. The van der Waals surface area contributed by atoms with E-state index in [-0.39, 0.29) is 19.4 Å². The monoisotopic (exact) mass is 344 g/mol. The molecule has 2 aliphatic rings. The highest BCUT2D eigenvalue weighted by Crippen LogP contribution is 2.58. The summed E-state index contributed by atoms with van der Waals surface area (Å²) in [6, 6.07) is -1.55. The van der Waals surface area contributed by atoms with Gasteiger partial charge in [-0.05, 0) is 33.6 Å². The highest BCUT2D eigenvalue weighted by Gasteiger charge is 2.64. The van der Waals surface area contributed by atoms with Gasteiger partial charge in [-0.3, -0.25) is 4.90 Å². The molecule has 0 aromatic carbocycles. The zero-order chi connectivity index (χ0) is 17.7. The molecule has 2 fully saturated rings. The largest absolute Gasteiger partial charge is 0.444 e. The predicted molar refractivity (Wildman–Crippen MR) is 72.3 cm³/mol. The van der Waals surface area contributed by atoms with Gasteiger partial charge in [0.25, 0.3) is 5.92 Å². The number of hydrogen-bond donors (Lipinski definition) is 1. The van der Waals surface area contributed by atoms with Crippen molar-refractivity contribution in [2.75, 3.05) is 19.6 Å². The van der Waals surface area contributed by atoms with E-state index >= 15 is 0 Å². The molecule has 0 radical (unpaired) electrons. The summed E-state index contributed by atoms with van der Waals surface area (Å²) in [4.78, 5) is 12.7. The first-order valence-electron chi connectivity index (χ1n) is 7.41. The molecule has 4 nitrogen and oxygen atoms in total. The summed E-state index contributed by atoms with van der Waals surface area (Å²) in [5.74, 6) is -3.29. The van der Waals surface area contributed by atoms with E-state index in [0.29, 0.717) is 0 Å². The van der Waals surface area contributed by atoms with E-state index in [9.17, 15) is 26.7 Å². The number of alkyl halides is 5. The van der Waals surface area contributed by atoms with Crippen LogP contribution in [0.3, 0.4) is 0 Å². The lowest BCUT2D eigenvalue weighted by Gasteiger charge is -2.25. The lowest BCUT2D eigenvalue weighted by atomic mass is 10.1. The molecule has 0 bridgehead atoms. The fourth-order valence-corrected chi connectivity index (χ4v) is 2.70. The fourth-order valence-electron chi connectivity index (χ4n) is 2.70. The maximum atomic E-state index is 14.0. The van der Waals surface area contributed by atoms with Gasteiger partial charge in [0.05, 0.1) is 12.0 Å². The van der Waals surface area contributed by atoms with Gasteiger partial charge in [0.15, 0.2) is 0 Å². The quantitative estimate of drug-likeness (QED) is 0.800. The van der Waals surface area contributed by atoms with Gasteiger partial charge < -0.3 is 10.1 Å². The Labute approximate surface area is 131 Å². The van der Waals surface area contributed by atoms with Crippen LogP contribution in [0.5, 0.6) is 0 Å². The van der Waals surface area contributed by atoms with Crippen LogP contribution in [-0.4, -0.2) is 54.4 Å². The lowest BCUT2D eigenvalue weighted by molar-refractivity contribution is -0.191. The van der Waals surface area contributed by atoms with Crippen molar-refractivity contribution in [2.45, 2.75) is 57.4 Å². The third kappa shape index (κ3) is 4.24. The maximum absolute atomic E-state index is 14.0. The van der Waals surface area contributed by atoms with Crippen LogP contribution < -0.4 is 5.32 Å². The summed E-state index contributed by atoms with van der Waals surface area (Å²) >= 11 is 0. The standard InChI is InChI=1S/C14H21F5N2O2/c1-11(2,3)23-10(22)20-9-6-21(8-13(9,15)16)7-12(4-5-12)14(17,18)19/h9H,4-8H2,1-3H3,(H,20,22). The molecule has 23 heavy (non-hydrogen) atoms. The Hall–Kier alpha value is -1.12. The predicted octanol–water partition coefficient (Wildman–Crippen LogP) is 3.17. The molecule has 1 saturated carbocycles. The average Bonchev–Trinajstić information content (AvgIpc) is 2.99. The molecule has 0 aromatic rings. The van der Waals surface area contributed by atoms with E-state index in [1.165, 1.54) is 0 Å². The second kappa shape index (κ2) is 5.46. The normalized spacial score (nSPS) is 26.9. The molecular weight excluding hydrogens is 323 g/mol. The van der Waals surface area contributed by atoms with Crippen molar-refractivity contribution < 1.29 is 31.5 Å². The molecule has 9 heteroatoms. The van der Waals surface area contributed by atoms with Crippen LogP contribution in [0.4, 0.5) is 26.7 Å². The van der Waals surface area contributed by atoms with E-state index in [1.54, 1.807) is 20.8 Å². The Morgan fingerprint density at radius 2 is 1.83 bits per heavy atom. The van der Waals surface area contributed by atoms with Crippen molar-refractivity contribution in [3.8, 4) is 0 Å². The Bertz CT molecular complexity index is 469. The highest BCUT2D eigenvalue weighted by atomic mass is 19.4. The molecule has 1 atom stereocenters. The zero-order valence-electron chi connectivity index (χ0n) is 13.3. The van der Waals surface area contributed by atoms with Crippen molar-refractivity contribution in [1.82, 2.24) is 10.2 Å². The number of nitrogens with zero attached hydrogens (tertiary/aromatic N) is 1. The number of carbonyl (C=O) groups is 1. The van der Waals surface area contributed by atoms with Crippen molar-refractivity contribution in [3.63, 3.8) is 0 Å². The fraction of sp³-hybridized carbons (Fsp3) is 0.929. The molecule has 1 heterocycles. The van der Waals surface area contributed by atoms with Gasteiger partial charge in [0.1, 0.15) is 11.6 Å². The van der Waals surface area contributed by atoms with Crippen LogP contribution in [0.1, 0.15) is 33.6 Å². The molecule has 2 rings (SSSR count). The number of rotatable bonds is 3. The number of likely N-dealkylation sites (tertiary alicyclic amines) is 1. The minimum Gasteiger partial charge on any atom is -0.444 e. The topological polar surface area (TPSA) is 41.6 Å². The van der Waals surface area contributed by atoms with Gasteiger partial charge in [-0.1, -0.05) is 0 Å². The van der Waals surface area contributed by atoms with Gasteiger partial charge in [-0.15, -0.1) is 0 Å². The summed E-state index contributed by atoms with van der Waals surface area (Å²) in [5, 5.41) is 2.07. The molecule has 1 saturated heterocycles. The molecule has 134 valence electrons. The van der Waals surface area contributed by atoms with Crippen LogP contribution in [0, 0.1) is 5.41 Å². The van der Waals surface area contributed by atoms with Crippen molar-refractivity contribution in [1.29, 1.82) is 0 Å². The van der Waals surface area contributed by atoms with Crippen LogP contribution in [0.15, 0.2) is 0 Å². The molecule has 1 aliphatic heterocycles. The summed E-state index contributed by atoms with van der Waals surface area (Å²) in [6.07, 6.45) is -5.47. The number of carbonyl (C=O) groups excluding carboxylic acids is 1. The first-order chi connectivity index (χ1) is 10.2. The van der Waals surface area contributed by atoms with E-state index in [0.717, 1.165) is 4.90 Å². The van der Waals surface area contributed by atoms with E-state index in [2.05, 4.69) is 5.32 Å². The van der Waals surface area contributed by atoms with Crippen LogP contribution >= 0.6 is 0 Å². The molecular formula is C14H21F5N2O2. The molecule has 1 N–H and O–H groups in total. The number of amides is 1. The third-order valence-corrected chi connectivity index (χ3v) is 4.06. The molecule has 1 amide bonds. The van der Waals surface area contributed by atoms with E-state index < -0.39 is 48.3 Å². The molecule has 0 spiro atoms.